The maximum atomic E-state index is 13.0. The lowest BCUT2D eigenvalue weighted by Gasteiger charge is -2.42. The molecule has 8 heteroatoms. The smallest absolute Gasteiger partial charge is 0.321 e. The molecule has 3 heterocycles. The molecule has 170 valence electrons. The molecule has 0 radical (unpaired) electrons. The minimum absolute atomic E-state index is 0.0648. The molecule has 1 saturated heterocycles. The molecule has 2 amide bonds. The molecule has 3 aromatic rings. The number of rotatable bonds is 5. The van der Waals surface area contributed by atoms with Crippen molar-refractivity contribution in [1.29, 1.82) is 0 Å². The van der Waals surface area contributed by atoms with Crippen molar-refractivity contribution < 1.29 is 9.53 Å². The Morgan fingerprint density at radius 2 is 2.09 bits per heavy atom. The number of carbonyl (C=O) groups excluding carboxylic acids is 1. The first-order valence-electron chi connectivity index (χ1n) is 11.2. The van der Waals surface area contributed by atoms with Crippen LogP contribution in [0, 0.1) is 6.92 Å². The highest BCUT2D eigenvalue weighted by molar-refractivity contribution is 5.91. The fourth-order valence-electron chi connectivity index (χ4n) is 4.31. The summed E-state index contributed by atoms with van der Waals surface area (Å²) < 4.78 is 7.54. The van der Waals surface area contributed by atoms with Gasteiger partial charge in [0.1, 0.15) is 5.75 Å². The van der Waals surface area contributed by atoms with E-state index in [0.717, 1.165) is 46.7 Å². The molecule has 1 fully saturated rings. The highest BCUT2D eigenvalue weighted by Gasteiger charge is 2.30. The van der Waals surface area contributed by atoms with E-state index in [-0.39, 0.29) is 18.2 Å². The summed E-state index contributed by atoms with van der Waals surface area (Å²) in [7, 11) is 1.90. The molecular formula is C24H32N6O2. The summed E-state index contributed by atoms with van der Waals surface area (Å²) in [5.41, 5.74) is 3.80. The number of benzene rings is 1. The molecule has 1 aromatic carbocycles. The van der Waals surface area contributed by atoms with Crippen LogP contribution in [0.5, 0.6) is 5.75 Å². The van der Waals surface area contributed by atoms with E-state index >= 15 is 0 Å². The number of pyridine rings is 1. The van der Waals surface area contributed by atoms with E-state index in [2.05, 4.69) is 27.2 Å². The van der Waals surface area contributed by atoms with Crippen LogP contribution < -0.4 is 15.0 Å². The van der Waals surface area contributed by atoms with Crippen LogP contribution in [0.3, 0.4) is 0 Å². The van der Waals surface area contributed by atoms with E-state index in [1.54, 1.807) is 4.68 Å². The summed E-state index contributed by atoms with van der Waals surface area (Å²) >= 11 is 0. The molecule has 0 bridgehead atoms. The van der Waals surface area contributed by atoms with E-state index < -0.39 is 0 Å². The van der Waals surface area contributed by atoms with E-state index in [1.165, 1.54) is 0 Å². The summed E-state index contributed by atoms with van der Waals surface area (Å²) in [6.07, 6.45) is 4.76. The zero-order chi connectivity index (χ0) is 22.8. The number of nitrogens with zero attached hydrogens (tertiary/aromatic N) is 5. The maximum Gasteiger partial charge on any atom is 0.321 e. The van der Waals surface area contributed by atoms with Crippen LogP contribution in [0.2, 0.25) is 0 Å². The monoisotopic (exact) mass is 436 g/mol. The van der Waals surface area contributed by atoms with E-state index in [4.69, 9.17) is 4.74 Å². The molecule has 0 aliphatic carbocycles. The van der Waals surface area contributed by atoms with Gasteiger partial charge < -0.3 is 19.9 Å². The highest BCUT2D eigenvalue weighted by Crippen LogP contribution is 2.29. The highest BCUT2D eigenvalue weighted by atomic mass is 16.5. The third-order valence-corrected chi connectivity index (χ3v) is 5.97. The van der Waals surface area contributed by atoms with Crippen molar-refractivity contribution in [2.45, 2.75) is 46.3 Å². The Morgan fingerprint density at radius 1 is 1.28 bits per heavy atom. The standard InChI is InChI=1S/C24H32N6O2/c1-6-18-15-29(24(31)27-21-8-7-19(13-17(21)4)32-16(2)3)11-12-30(18)22-9-10-25-23-20(22)14-26-28(23)5/h7-10,13-14,16,18H,6,11-12,15H2,1-5H3,(H,27,31)/t18-/m0/s1. The lowest BCUT2D eigenvalue weighted by atomic mass is 10.1. The minimum Gasteiger partial charge on any atom is -0.491 e. The van der Waals surface area contributed by atoms with Gasteiger partial charge in [0.2, 0.25) is 0 Å². The number of carbonyl (C=O) groups is 1. The van der Waals surface area contributed by atoms with Gasteiger partial charge in [0.05, 0.1) is 23.4 Å². The van der Waals surface area contributed by atoms with Gasteiger partial charge in [0, 0.05) is 44.6 Å². The van der Waals surface area contributed by atoms with E-state index in [1.807, 2.05) is 69.4 Å². The van der Waals surface area contributed by atoms with Crippen LogP contribution in [0.15, 0.2) is 36.7 Å². The largest absolute Gasteiger partial charge is 0.491 e. The predicted molar refractivity (Wildman–Crippen MR) is 127 cm³/mol. The van der Waals surface area contributed by atoms with Gasteiger partial charge in [-0.3, -0.25) is 4.68 Å². The van der Waals surface area contributed by atoms with Gasteiger partial charge in [-0.05, 0) is 57.0 Å². The molecule has 1 N–H and O–H groups in total. The van der Waals surface area contributed by atoms with Gasteiger partial charge in [-0.1, -0.05) is 6.92 Å². The number of nitrogens with one attached hydrogen (secondary N) is 1. The number of aromatic nitrogens is 3. The average Bonchev–Trinajstić information content (AvgIpc) is 3.16. The molecule has 0 spiro atoms. The van der Waals surface area contributed by atoms with Crippen molar-refractivity contribution in [1.82, 2.24) is 19.7 Å². The number of piperazine rings is 1. The third kappa shape index (κ3) is 4.35. The summed E-state index contributed by atoms with van der Waals surface area (Å²) in [4.78, 5) is 21.8. The number of hydrogen-bond acceptors (Lipinski definition) is 5. The van der Waals surface area contributed by atoms with Crippen molar-refractivity contribution in [3.05, 3.63) is 42.2 Å². The quantitative estimate of drug-likeness (QED) is 0.649. The zero-order valence-electron chi connectivity index (χ0n) is 19.5. The Balaban J connectivity index is 1.46. The number of fused-ring (bicyclic) bond motifs is 1. The van der Waals surface area contributed by atoms with E-state index in [0.29, 0.717) is 13.1 Å². The molecule has 0 saturated carbocycles. The molecule has 1 aliphatic rings. The zero-order valence-corrected chi connectivity index (χ0v) is 19.5. The molecule has 32 heavy (non-hydrogen) atoms. The molecule has 1 aliphatic heterocycles. The summed E-state index contributed by atoms with van der Waals surface area (Å²) in [6, 6.07) is 7.98. The lowest BCUT2D eigenvalue weighted by Crippen LogP contribution is -2.55. The molecule has 1 atom stereocenters. The van der Waals surface area contributed by atoms with Crippen LogP contribution in [-0.2, 0) is 7.05 Å². The van der Waals surface area contributed by atoms with Crippen LogP contribution in [-0.4, -0.2) is 57.5 Å². The van der Waals surface area contributed by atoms with Crippen LogP contribution in [0.4, 0.5) is 16.2 Å². The van der Waals surface area contributed by atoms with Crippen LogP contribution >= 0.6 is 0 Å². The van der Waals surface area contributed by atoms with Crippen molar-refractivity contribution in [3.8, 4) is 5.75 Å². The Labute approximate surface area is 189 Å². The van der Waals surface area contributed by atoms with Crippen molar-refractivity contribution in [3.63, 3.8) is 0 Å². The fourth-order valence-corrected chi connectivity index (χ4v) is 4.31. The van der Waals surface area contributed by atoms with E-state index in [9.17, 15) is 4.79 Å². The number of urea groups is 1. The molecule has 2 aromatic heterocycles. The minimum atomic E-state index is -0.0648. The Hall–Kier alpha value is -3.29. The second-order valence-corrected chi connectivity index (χ2v) is 8.61. The third-order valence-electron chi connectivity index (χ3n) is 5.97. The molecule has 8 nitrogen and oxygen atoms in total. The normalized spacial score (nSPS) is 16.6. The maximum absolute atomic E-state index is 13.0. The first-order valence-corrected chi connectivity index (χ1v) is 11.2. The first-order chi connectivity index (χ1) is 15.4. The fraction of sp³-hybridized carbons (Fsp3) is 0.458. The molecule has 0 unspecified atom stereocenters. The second kappa shape index (κ2) is 9.06. The second-order valence-electron chi connectivity index (χ2n) is 8.61. The van der Waals surface area contributed by atoms with Gasteiger partial charge in [0.25, 0.3) is 0 Å². The van der Waals surface area contributed by atoms with Gasteiger partial charge >= 0.3 is 6.03 Å². The number of amides is 2. The average molecular weight is 437 g/mol. The van der Waals surface area contributed by atoms with Gasteiger partial charge in [-0.25, -0.2) is 9.78 Å². The Morgan fingerprint density at radius 3 is 2.81 bits per heavy atom. The summed E-state index contributed by atoms with van der Waals surface area (Å²) in [5.74, 6) is 0.814. The number of anilines is 2. The number of hydrogen-bond donors (Lipinski definition) is 1. The SMILES string of the molecule is CC[C@H]1CN(C(=O)Nc2ccc(OC(C)C)cc2C)CCN1c1ccnc2c1cnn2C. The summed E-state index contributed by atoms with van der Waals surface area (Å²) in [6.45, 7) is 10.2. The van der Waals surface area contributed by atoms with Crippen LogP contribution in [0.1, 0.15) is 32.8 Å². The van der Waals surface area contributed by atoms with Crippen molar-refractivity contribution in [2.24, 2.45) is 7.05 Å². The lowest BCUT2D eigenvalue weighted by molar-refractivity contribution is 0.197. The van der Waals surface area contributed by atoms with Gasteiger partial charge in [0.15, 0.2) is 5.65 Å². The number of ether oxygens (including phenoxy) is 1. The van der Waals surface area contributed by atoms with Gasteiger partial charge in [-0.2, -0.15) is 5.10 Å². The number of aryl methyl sites for hydroxylation is 2. The van der Waals surface area contributed by atoms with Crippen LogP contribution in [0.25, 0.3) is 11.0 Å². The van der Waals surface area contributed by atoms with Crippen molar-refractivity contribution in [2.75, 3.05) is 29.9 Å². The van der Waals surface area contributed by atoms with Gasteiger partial charge in [-0.15, -0.1) is 0 Å². The summed E-state index contributed by atoms with van der Waals surface area (Å²) in [5, 5.41) is 8.50. The molecular weight excluding hydrogens is 404 g/mol. The Bertz CT molecular complexity index is 1110. The van der Waals surface area contributed by atoms with Crippen molar-refractivity contribution >= 4 is 28.4 Å². The Kier molecular flexibility index (Phi) is 6.21. The molecule has 4 rings (SSSR count). The first kappa shape index (κ1) is 21.9. The topological polar surface area (TPSA) is 75.5 Å². The predicted octanol–water partition coefficient (Wildman–Crippen LogP) is 4.20.